The van der Waals surface area contributed by atoms with Crippen LogP contribution < -0.4 is 5.32 Å². The Kier molecular flexibility index (Phi) is 12.7. The Morgan fingerprint density at radius 1 is 0.900 bits per heavy atom. The van der Waals surface area contributed by atoms with Crippen LogP contribution in [0.5, 0.6) is 0 Å². The summed E-state index contributed by atoms with van der Waals surface area (Å²) in [6, 6.07) is 18.8. The lowest BCUT2D eigenvalue weighted by atomic mass is 9.92. The number of benzene rings is 2. The minimum atomic E-state index is -2.42. The lowest BCUT2D eigenvalue weighted by Crippen LogP contribution is -2.75. The molecule has 14 nitrogen and oxygen atoms in total. The summed E-state index contributed by atoms with van der Waals surface area (Å²) in [7, 11) is 2.95. The summed E-state index contributed by atoms with van der Waals surface area (Å²) in [6.07, 6.45) is -10.2. The maximum atomic E-state index is 12.7. The molecule has 3 N–H and O–H groups in total. The standard InChI is InChI=1S/C36H51NO13/c1-22(38)37-36(40)31(44-19-24-16-12-9-13-17-24)27(39)25(20-43-18-23-14-10-8-11-15-23)46-33(36)47-28(26-21-45-34(2,3)48-26)29-30(32(41-6)42-7)50-35(4,5)49-29/h8-17,25-33,39-40H,18-21H2,1-7H3,(H,37,38)/t25-,26-,27+,28-,29+,30-,31+,33+,36+/m1/s1. The van der Waals surface area contributed by atoms with E-state index in [1.165, 1.54) is 21.1 Å². The van der Waals surface area contributed by atoms with Crippen LogP contribution in [0, 0.1) is 0 Å². The SMILES string of the molecule is COC(OC)[C@@H]1OC(C)(C)O[C@H]1[C@H](O[C@@H]1O[C@H](COCc2ccccc2)[C@H](O)[C@H](OCc2ccccc2)[C@@]1(O)NC(C)=O)[C@H]1COC(C)(C)O1. The summed E-state index contributed by atoms with van der Waals surface area (Å²) < 4.78 is 61.3. The second-order valence-electron chi connectivity index (χ2n) is 13.6. The van der Waals surface area contributed by atoms with E-state index in [0.717, 1.165) is 11.1 Å². The van der Waals surface area contributed by atoms with Gasteiger partial charge in [-0.05, 0) is 38.8 Å². The summed E-state index contributed by atoms with van der Waals surface area (Å²) >= 11 is 0. The number of carbonyl (C=O) groups is 1. The largest absolute Gasteiger partial charge is 0.387 e. The monoisotopic (exact) mass is 705 g/mol. The van der Waals surface area contributed by atoms with Gasteiger partial charge in [-0.1, -0.05) is 60.7 Å². The van der Waals surface area contributed by atoms with Crippen molar-refractivity contribution in [1.82, 2.24) is 5.32 Å². The van der Waals surface area contributed by atoms with Crippen molar-refractivity contribution in [3.63, 3.8) is 0 Å². The summed E-state index contributed by atoms with van der Waals surface area (Å²) in [5.74, 6) is -2.71. The molecule has 50 heavy (non-hydrogen) atoms. The molecule has 0 aliphatic carbocycles. The Morgan fingerprint density at radius 3 is 2.06 bits per heavy atom. The molecule has 0 spiro atoms. The summed E-state index contributed by atoms with van der Waals surface area (Å²) in [5.41, 5.74) is -0.736. The van der Waals surface area contributed by atoms with E-state index in [-0.39, 0.29) is 26.4 Å². The number of hydrogen-bond donors (Lipinski definition) is 3. The third kappa shape index (κ3) is 9.26. The van der Waals surface area contributed by atoms with E-state index in [0.29, 0.717) is 0 Å². The quantitative estimate of drug-likeness (QED) is 0.232. The van der Waals surface area contributed by atoms with E-state index >= 15 is 0 Å². The number of rotatable bonds is 15. The smallest absolute Gasteiger partial charge is 0.219 e. The Hall–Kier alpha value is -2.57. The molecule has 0 bridgehead atoms. The molecule has 278 valence electrons. The van der Waals surface area contributed by atoms with Crippen LogP contribution in [-0.4, -0.2) is 116 Å². The van der Waals surface area contributed by atoms with Gasteiger partial charge < -0.3 is 62.9 Å². The molecule has 2 aromatic rings. The molecule has 3 fully saturated rings. The van der Waals surface area contributed by atoms with Crippen molar-refractivity contribution in [3.05, 3.63) is 71.8 Å². The molecule has 3 aliphatic rings. The number of aliphatic hydroxyl groups is 2. The number of hydrogen-bond acceptors (Lipinski definition) is 13. The summed E-state index contributed by atoms with van der Waals surface area (Å²) in [4.78, 5) is 12.7. The van der Waals surface area contributed by atoms with Crippen molar-refractivity contribution in [1.29, 1.82) is 0 Å². The van der Waals surface area contributed by atoms with Gasteiger partial charge in [-0.25, -0.2) is 0 Å². The lowest BCUT2D eigenvalue weighted by Gasteiger charge is -2.50. The molecule has 3 heterocycles. The highest BCUT2D eigenvalue weighted by molar-refractivity contribution is 5.73. The zero-order chi connectivity index (χ0) is 36.1. The van der Waals surface area contributed by atoms with Crippen molar-refractivity contribution in [2.24, 2.45) is 0 Å². The van der Waals surface area contributed by atoms with Crippen LogP contribution in [0.4, 0.5) is 0 Å². The number of ether oxygens (including phenoxy) is 10. The van der Waals surface area contributed by atoms with E-state index in [4.69, 9.17) is 47.4 Å². The fourth-order valence-electron chi connectivity index (χ4n) is 6.51. The Balaban J connectivity index is 1.51. The zero-order valence-electron chi connectivity index (χ0n) is 29.7. The van der Waals surface area contributed by atoms with Gasteiger partial charge in [0.1, 0.15) is 42.7 Å². The van der Waals surface area contributed by atoms with Crippen LogP contribution in [0.1, 0.15) is 45.7 Å². The molecule has 0 saturated carbocycles. The van der Waals surface area contributed by atoms with Crippen molar-refractivity contribution in [3.8, 4) is 0 Å². The van der Waals surface area contributed by atoms with E-state index in [1.54, 1.807) is 27.7 Å². The molecule has 3 saturated heterocycles. The van der Waals surface area contributed by atoms with Crippen molar-refractivity contribution < 1.29 is 62.4 Å². The average molecular weight is 706 g/mol. The van der Waals surface area contributed by atoms with Gasteiger partial charge in [-0.15, -0.1) is 0 Å². The van der Waals surface area contributed by atoms with Crippen LogP contribution in [0.2, 0.25) is 0 Å². The lowest BCUT2D eigenvalue weighted by molar-refractivity contribution is -0.374. The topological polar surface area (TPSA) is 162 Å². The van der Waals surface area contributed by atoms with Crippen LogP contribution in [-0.2, 0) is 65.4 Å². The molecule has 5 rings (SSSR count). The van der Waals surface area contributed by atoms with Gasteiger partial charge in [-0.3, -0.25) is 4.79 Å². The van der Waals surface area contributed by atoms with Crippen molar-refractivity contribution >= 4 is 5.91 Å². The van der Waals surface area contributed by atoms with E-state index in [1.807, 2.05) is 60.7 Å². The Morgan fingerprint density at radius 2 is 1.50 bits per heavy atom. The molecular weight excluding hydrogens is 654 g/mol. The van der Waals surface area contributed by atoms with Crippen LogP contribution in [0.25, 0.3) is 0 Å². The fraction of sp³-hybridized carbons (Fsp3) is 0.639. The van der Waals surface area contributed by atoms with Crippen molar-refractivity contribution in [2.45, 2.75) is 120 Å². The molecule has 0 unspecified atom stereocenters. The second-order valence-corrected chi connectivity index (χ2v) is 13.6. The molecule has 9 atom stereocenters. The van der Waals surface area contributed by atoms with E-state index in [2.05, 4.69) is 5.32 Å². The first-order chi connectivity index (χ1) is 23.7. The first-order valence-corrected chi connectivity index (χ1v) is 16.8. The van der Waals surface area contributed by atoms with E-state index < -0.39 is 78.5 Å². The number of aliphatic hydroxyl groups excluding tert-OH is 1. The van der Waals surface area contributed by atoms with Gasteiger partial charge >= 0.3 is 0 Å². The van der Waals surface area contributed by atoms with Gasteiger partial charge in [0.25, 0.3) is 0 Å². The van der Waals surface area contributed by atoms with Gasteiger partial charge in [0, 0.05) is 21.1 Å². The second kappa shape index (κ2) is 16.4. The normalized spacial score (nSPS) is 32.6. The molecular formula is C36H51NO13. The number of carbonyl (C=O) groups excluding carboxylic acids is 1. The summed E-state index contributed by atoms with van der Waals surface area (Å²) in [6.45, 7) is 8.44. The molecule has 0 radical (unpaired) electrons. The average Bonchev–Trinajstić information content (AvgIpc) is 3.59. The first-order valence-electron chi connectivity index (χ1n) is 16.8. The molecule has 1 amide bonds. The molecule has 14 heteroatoms. The molecule has 0 aromatic heterocycles. The predicted molar refractivity (Wildman–Crippen MR) is 176 cm³/mol. The first kappa shape index (κ1) is 38.7. The van der Waals surface area contributed by atoms with Gasteiger partial charge in [-0.2, -0.15) is 0 Å². The van der Waals surface area contributed by atoms with Crippen LogP contribution >= 0.6 is 0 Å². The predicted octanol–water partition coefficient (Wildman–Crippen LogP) is 2.37. The Bertz CT molecular complexity index is 1360. The third-order valence-electron chi connectivity index (χ3n) is 8.72. The minimum Gasteiger partial charge on any atom is -0.387 e. The Labute approximate surface area is 293 Å². The van der Waals surface area contributed by atoms with Gasteiger partial charge in [0.2, 0.25) is 17.9 Å². The van der Waals surface area contributed by atoms with Crippen molar-refractivity contribution in [2.75, 3.05) is 27.4 Å². The van der Waals surface area contributed by atoms with E-state index in [9.17, 15) is 15.0 Å². The number of nitrogens with one attached hydrogen (secondary N) is 1. The molecule has 2 aromatic carbocycles. The zero-order valence-corrected chi connectivity index (χ0v) is 29.7. The van der Waals surface area contributed by atoms with Gasteiger partial charge in [0.05, 0.1) is 26.4 Å². The summed E-state index contributed by atoms with van der Waals surface area (Å²) in [5, 5.41) is 26.7. The fourth-order valence-corrected chi connectivity index (χ4v) is 6.51. The highest BCUT2D eigenvalue weighted by Gasteiger charge is 2.61. The molecule has 3 aliphatic heterocycles. The maximum Gasteiger partial charge on any atom is 0.219 e. The maximum absolute atomic E-state index is 12.7. The number of methoxy groups -OCH3 is 2. The van der Waals surface area contributed by atoms with Crippen LogP contribution in [0.15, 0.2) is 60.7 Å². The minimum absolute atomic E-state index is 0.00876. The highest BCUT2D eigenvalue weighted by atomic mass is 16.8. The highest BCUT2D eigenvalue weighted by Crippen LogP contribution is 2.40. The van der Waals surface area contributed by atoms with Crippen LogP contribution in [0.3, 0.4) is 0 Å². The van der Waals surface area contributed by atoms with Gasteiger partial charge in [0.15, 0.2) is 17.9 Å². The third-order valence-corrected chi connectivity index (χ3v) is 8.72. The number of amides is 1.